The maximum absolute atomic E-state index is 12.3. The fourth-order valence-corrected chi connectivity index (χ4v) is 5.47. The van der Waals surface area contributed by atoms with E-state index >= 15 is 0 Å². The first-order valence-corrected chi connectivity index (χ1v) is 14.7. The van der Waals surface area contributed by atoms with Crippen molar-refractivity contribution in [2.75, 3.05) is 13.2 Å². The number of rotatable bonds is 13. The first kappa shape index (κ1) is 39.8. The van der Waals surface area contributed by atoms with E-state index in [-0.39, 0.29) is 0 Å². The topological polar surface area (TPSA) is 350 Å². The lowest BCUT2D eigenvalue weighted by Crippen LogP contribution is -2.70. The molecule has 22 nitrogen and oxygen atoms in total. The predicted molar refractivity (Wildman–Crippen MR) is 147 cm³/mol. The summed E-state index contributed by atoms with van der Waals surface area (Å²) in [6.07, 6.45) is -28.4. The average Bonchev–Trinajstić information content (AvgIpc) is 3.01. The smallest absolute Gasteiger partial charge is 0.335 e. The normalized spacial score (nSPS) is 41.5. The van der Waals surface area contributed by atoms with Gasteiger partial charge >= 0.3 is 11.9 Å². The van der Waals surface area contributed by atoms with E-state index in [1.807, 2.05) is 0 Å². The number of aliphatic hydroxyl groups excluding tert-OH is 8. The molecular formula is C26H42N2O20. The van der Waals surface area contributed by atoms with Gasteiger partial charge in [-0.25, -0.2) is 9.59 Å². The molecule has 0 aliphatic carbocycles. The summed E-state index contributed by atoms with van der Waals surface area (Å²) < 4.78 is 33.6. The fourth-order valence-electron chi connectivity index (χ4n) is 5.47. The van der Waals surface area contributed by atoms with Crippen molar-refractivity contribution in [3.63, 3.8) is 0 Å². The fraction of sp³-hybridized carbons (Fsp3) is 0.846. The number of carbonyl (C=O) groups excluding carboxylic acids is 2. The summed E-state index contributed by atoms with van der Waals surface area (Å²) in [7, 11) is 0. The molecular weight excluding hydrogens is 660 g/mol. The molecule has 3 aliphatic heterocycles. The lowest BCUT2D eigenvalue weighted by molar-refractivity contribution is -0.366. The maximum Gasteiger partial charge on any atom is 0.335 e. The summed E-state index contributed by atoms with van der Waals surface area (Å²) in [5.74, 6) is -4.98. The summed E-state index contributed by atoms with van der Waals surface area (Å²) in [5, 5.41) is 106. The minimum atomic E-state index is -2.30. The molecule has 3 rings (SSSR count). The molecule has 276 valence electrons. The van der Waals surface area contributed by atoms with E-state index in [9.17, 15) is 70.2 Å². The van der Waals surface area contributed by atoms with Gasteiger partial charge in [0.15, 0.2) is 31.1 Å². The van der Waals surface area contributed by atoms with Crippen LogP contribution in [0.1, 0.15) is 20.8 Å². The molecule has 3 heterocycles. The van der Waals surface area contributed by atoms with E-state index in [1.165, 1.54) is 6.92 Å². The zero-order valence-corrected chi connectivity index (χ0v) is 25.8. The molecule has 0 unspecified atom stereocenters. The number of amides is 2. The Labute approximate surface area is 271 Å². The first-order valence-electron chi connectivity index (χ1n) is 14.7. The van der Waals surface area contributed by atoms with Gasteiger partial charge in [0.25, 0.3) is 0 Å². The van der Waals surface area contributed by atoms with Gasteiger partial charge in [-0.15, -0.1) is 0 Å². The number of aliphatic hydroxyl groups is 8. The molecule has 0 aromatic rings. The molecule has 3 saturated heterocycles. The number of aliphatic carboxylic acids is 2. The number of hydrogen-bond donors (Lipinski definition) is 12. The second kappa shape index (κ2) is 16.8. The molecule has 0 bridgehead atoms. The zero-order valence-electron chi connectivity index (χ0n) is 25.8. The highest BCUT2D eigenvalue weighted by molar-refractivity contribution is 5.74. The predicted octanol–water partition coefficient (Wildman–Crippen LogP) is -7.33. The largest absolute Gasteiger partial charge is 0.479 e. The second-order valence-electron chi connectivity index (χ2n) is 11.4. The zero-order chi connectivity index (χ0) is 36.2. The van der Waals surface area contributed by atoms with Gasteiger partial charge in [-0.3, -0.25) is 9.59 Å². The van der Waals surface area contributed by atoms with Crippen LogP contribution in [0.5, 0.6) is 0 Å². The molecule has 0 spiro atoms. The highest BCUT2D eigenvalue weighted by Crippen LogP contribution is 2.33. The van der Waals surface area contributed by atoms with E-state index in [0.717, 1.165) is 13.8 Å². The van der Waals surface area contributed by atoms with Crippen LogP contribution in [0.25, 0.3) is 0 Å². The molecule has 17 atom stereocenters. The molecule has 2 amide bonds. The Morgan fingerprint density at radius 1 is 0.729 bits per heavy atom. The molecule has 12 N–H and O–H groups in total. The van der Waals surface area contributed by atoms with E-state index in [1.54, 1.807) is 0 Å². The highest BCUT2D eigenvalue weighted by atomic mass is 16.8. The Balaban J connectivity index is 2.02. The van der Waals surface area contributed by atoms with E-state index in [2.05, 4.69) is 10.6 Å². The second-order valence-corrected chi connectivity index (χ2v) is 11.4. The Morgan fingerprint density at radius 2 is 1.31 bits per heavy atom. The molecule has 3 aliphatic rings. The summed E-state index contributed by atoms with van der Waals surface area (Å²) in [5.41, 5.74) is 0. The monoisotopic (exact) mass is 702 g/mol. The summed E-state index contributed by atoms with van der Waals surface area (Å²) in [6, 6.07) is -2.92. The molecule has 48 heavy (non-hydrogen) atoms. The third-order valence-corrected chi connectivity index (χ3v) is 7.91. The summed E-state index contributed by atoms with van der Waals surface area (Å²) in [4.78, 5) is 47.2. The van der Waals surface area contributed by atoms with Crippen molar-refractivity contribution in [3.05, 3.63) is 0 Å². The van der Waals surface area contributed by atoms with E-state index in [0.29, 0.717) is 0 Å². The molecule has 0 saturated carbocycles. The number of carboxylic acid groups (broad SMARTS) is 2. The van der Waals surface area contributed by atoms with E-state index in [4.69, 9.17) is 28.4 Å². The summed E-state index contributed by atoms with van der Waals surface area (Å²) in [6.45, 7) is 1.52. The molecule has 22 heteroatoms. The van der Waals surface area contributed by atoms with Gasteiger partial charge in [0.2, 0.25) is 11.8 Å². The van der Waals surface area contributed by atoms with Gasteiger partial charge in [-0.05, 0) is 6.92 Å². The Kier molecular flexibility index (Phi) is 13.9. The maximum atomic E-state index is 12.3. The van der Waals surface area contributed by atoms with Crippen LogP contribution in [0.3, 0.4) is 0 Å². The van der Waals surface area contributed by atoms with Gasteiger partial charge in [0, 0.05) is 13.8 Å². The van der Waals surface area contributed by atoms with Crippen molar-refractivity contribution in [1.29, 1.82) is 0 Å². The van der Waals surface area contributed by atoms with Crippen LogP contribution in [0.15, 0.2) is 0 Å². The van der Waals surface area contributed by atoms with Gasteiger partial charge in [0.05, 0.1) is 25.4 Å². The van der Waals surface area contributed by atoms with Crippen molar-refractivity contribution in [3.8, 4) is 0 Å². The van der Waals surface area contributed by atoms with Crippen molar-refractivity contribution in [2.45, 2.75) is 125 Å². The van der Waals surface area contributed by atoms with Crippen LogP contribution in [0.4, 0.5) is 0 Å². The van der Waals surface area contributed by atoms with Crippen molar-refractivity contribution < 1.29 is 98.7 Å². The quantitative estimate of drug-likeness (QED) is 0.0848. The summed E-state index contributed by atoms with van der Waals surface area (Å²) >= 11 is 0. The molecule has 0 aromatic heterocycles. The SMILES string of the molecule is CC(=O)N[C@H]1[C@H](O[C@@H]2[C@@H](O[C@@H](CO)[C@H](O)C(=O)O)O[C@H](C)[C@@H](NC(C)=O)[C@@H]2O)O[C@H](CO)[C@@H](O)[C@@H]1O[C@@H]1O[C@H](C(=O)O)[C@H](O)[C@H](O)[C@H]1O. The van der Waals surface area contributed by atoms with Gasteiger partial charge in [-0.2, -0.15) is 0 Å². The molecule has 3 fully saturated rings. The minimum absolute atomic E-state index is 0.623. The van der Waals surface area contributed by atoms with Crippen molar-refractivity contribution in [1.82, 2.24) is 10.6 Å². The van der Waals surface area contributed by atoms with Gasteiger partial charge in [-0.1, -0.05) is 0 Å². The number of hydrogen-bond acceptors (Lipinski definition) is 18. The molecule has 0 aromatic carbocycles. The van der Waals surface area contributed by atoms with Crippen LogP contribution in [0.2, 0.25) is 0 Å². The van der Waals surface area contributed by atoms with Crippen molar-refractivity contribution in [2.24, 2.45) is 0 Å². The highest BCUT2D eigenvalue weighted by Gasteiger charge is 2.55. The van der Waals surface area contributed by atoms with Crippen LogP contribution < -0.4 is 10.6 Å². The number of ether oxygens (including phenoxy) is 6. The van der Waals surface area contributed by atoms with Crippen LogP contribution >= 0.6 is 0 Å². The standard InChI is InChI=1S/C26H42N2O20/c1-6-11(27-7(2)31)15(35)21(26(43-6)45-10(5-30)14(34)22(39)40)48-24-12(28-8(3)32)19(13(33)9(4-29)44-24)46-25-18(38)16(36)17(37)20(47-25)23(41)42/h6,9-21,24-26,29-30,33-38H,4-5H2,1-3H3,(H,27,31)(H,28,32)(H,39,40)(H,41,42)/t6-,9-,10+,11-,12-,13-,14+,15+,16+,17-,18-,19-,20+,21+,24+,25-,26-/m1/s1. The van der Waals surface area contributed by atoms with Crippen LogP contribution in [-0.4, -0.2) is 192 Å². The number of carbonyl (C=O) groups is 4. The minimum Gasteiger partial charge on any atom is -0.479 e. The van der Waals surface area contributed by atoms with Crippen LogP contribution in [0, 0.1) is 0 Å². The van der Waals surface area contributed by atoms with Gasteiger partial charge < -0.3 is 90.1 Å². The first-order chi connectivity index (χ1) is 22.4. The van der Waals surface area contributed by atoms with Gasteiger partial charge in [0.1, 0.15) is 61.0 Å². The van der Waals surface area contributed by atoms with Crippen molar-refractivity contribution >= 4 is 23.8 Å². The lowest BCUT2D eigenvalue weighted by atomic mass is 9.94. The third-order valence-electron chi connectivity index (χ3n) is 7.91. The molecule has 0 radical (unpaired) electrons. The number of carboxylic acids is 2. The Morgan fingerprint density at radius 3 is 1.83 bits per heavy atom. The average molecular weight is 703 g/mol. The Hall–Kier alpha value is -2.68. The van der Waals surface area contributed by atoms with Crippen LogP contribution in [-0.2, 0) is 47.6 Å². The number of nitrogens with one attached hydrogen (secondary N) is 2. The third kappa shape index (κ3) is 8.91. The Bertz CT molecular complexity index is 1130. The lowest BCUT2D eigenvalue weighted by Gasteiger charge is -2.50. The van der Waals surface area contributed by atoms with E-state index < -0.39 is 141 Å².